The van der Waals surface area contributed by atoms with Crippen LogP contribution in [0.25, 0.3) is 0 Å². The molecule has 0 bridgehead atoms. The number of carbonyl (C=O) groups excluding carboxylic acids is 1. The van der Waals surface area contributed by atoms with Gasteiger partial charge in [-0.25, -0.2) is 4.98 Å². The number of hydrogen-bond acceptors (Lipinski definition) is 5. The van der Waals surface area contributed by atoms with E-state index in [1.54, 1.807) is 0 Å². The predicted molar refractivity (Wildman–Crippen MR) is 102 cm³/mol. The van der Waals surface area contributed by atoms with Crippen LogP contribution in [-0.2, 0) is 13.1 Å². The van der Waals surface area contributed by atoms with Crippen LogP contribution in [0.15, 0.2) is 36.5 Å². The van der Waals surface area contributed by atoms with Crippen molar-refractivity contribution in [2.75, 3.05) is 18.4 Å². The molecule has 1 aromatic heterocycles. The first kappa shape index (κ1) is 18.6. The van der Waals surface area contributed by atoms with Gasteiger partial charge in [-0.1, -0.05) is 35.9 Å². The van der Waals surface area contributed by atoms with Crippen LogP contribution in [0.2, 0.25) is 5.02 Å². The first-order valence-electron chi connectivity index (χ1n) is 8.69. The predicted octanol–water partition coefficient (Wildman–Crippen LogP) is 2.40. The highest BCUT2D eigenvalue weighted by atomic mass is 35.5. The topological polar surface area (TPSA) is 91.5 Å². The molecule has 0 aliphatic carbocycles. The van der Waals surface area contributed by atoms with Crippen LogP contribution in [-0.4, -0.2) is 40.1 Å². The lowest BCUT2D eigenvalue weighted by Gasteiger charge is -2.30. The molecule has 0 unspecified atom stereocenters. The molecule has 7 heteroatoms. The first-order valence-corrected chi connectivity index (χ1v) is 9.07. The number of nitrogens with two attached hydrogens (primary N) is 1. The van der Waals surface area contributed by atoms with Crippen molar-refractivity contribution in [2.45, 2.75) is 32.0 Å². The number of benzene rings is 1. The molecule has 1 amide bonds. The van der Waals surface area contributed by atoms with Crippen LogP contribution in [0.3, 0.4) is 0 Å². The van der Waals surface area contributed by atoms with E-state index in [4.69, 9.17) is 17.3 Å². The number of amides is 1. The van der Waals surface area contributed by atoms with E-state index in [-0.39, 0.29) is 11.7 Å². The number of piperidine rings is 1. The molecule has 1 aliphatic heterocycles. The van der Waals surface area contributed by atoms with Crippen LogP contribution >= 0.6 is 11.6 Å². The molecule has 1 aliphatic rings. The zero-order valence-corrected chi connectivity index (χ0v) is 15.2. The molecule has 3 rings (SSSR count). The minimum Gasteiger partial charge on any atom is -0.393 e. The number of aliphatic hydroxyl groups is 1. The summed E-state index contributed by atoms with van der Waals surface area (Å²) in [5.74, 6) is -0.0319. The Labute approximate surface area is 158 Å². The third-order valence-corrected chi connectivity index (χ3v) is 4.93. The number of hydrogen-bond donors (Lipinski definition) is 3. The van der Waals surface area contributed by atoms with E-state index < -0.39 is 5.91 Å². The van der Waals surface area contributed by atoms with Gasteiger partial charge >= 0.3 is 0 Å². The number of aromatic nitrogens is 1. The number of nitrogens with one attached hydrogen (secondary N) is 1. The first-order chi connectivity index (χ1) is 12.5. The zero-order chi connectivity index (χ0) is 18.5. The number of anilines is 1. The molecule has 2 heterocycles. The Kier molecular flexibility index (Phi) is 6.08. The van der Waals surface area contributed by atoms with Crippen LogP contribution in [0, 0.1) is 0 Å². The summed E-state index contributed by atoms with van der Waals surface area (Å²) in [7, 11) is 0. The average Bonchev–Trinajstić information content (AvgIpc) is 2.63. The highest BCUT2D eigenvalue weighted by Crippen LogP contribution is 2.22. The molecule has 26 heavy (non-hydrogen) atoms. The number of pyridine rings is 1. The van der Waals surface area contributed by atoms with Crippen molar-refractivity contribution in [3.8, 4) is 0 Å². The van der Waals surface area contributed by atoms with Gasteiger partial charge in [-0.05, 0) is 30.0 Å². The summed E-state index contributed by atoms with van der Waals surface area (Å²) >= 11 is 6.18. The molecule has 138 valence electrons. The summed E-state index contributed by atoms with van der Waals surface area (Å²) in [6, 6.07) is 9.75. The van der Waals surface area contributed by atoms with Crippen LogP contribution in [0.4, 0.5) is 5.82 Å². The minimum atomic E-state index is -0.553. The summed E-state index contributed by atoms with van der Waals surface area (Å²) in [5, 5.41) is 13.2. The molecular weight excluding hydrogens is 352 g/mol. The van der Waals surface area contributed by atoms with Gasteiger partial charge in [-0.3, -0.25) is 9.69 Å². The second kappa shape index (κ2) is 8.49. The van der Waals surface area contributed by atoms with Gasteiger partial charge in [0.1, 0.15) is 5.82 Å². The van der Waals surface area contributed by atoms with Crippen molar-refractivity contribution in [2.24, 2.45) is 5.73 Å². The molecule has 0 spiro atoms. The third-order valence-electron chi connectivity index (χ3n) is 4.64. The highest BCUT2D eigenvalue weighted by Gasteiger charge is 2.18. The Morgan fingerprint density at radius 1 is 1.31 bits per heavy atom. The van der Waals surface area contributed by atoms with Crippen LogP contribution in [0.1, 0.15) is 34.3 Å². The number of aliphatic hydroxyl groups excluding tert-OH is 1. The van der Waals surface area contributed by atoms with Gasteiger partial charge in [0.15, 0.2) is 0 Å². The molecule has 4 N–H and O–H groups in total. The summed E-state index contributed by atoms with van der Waals surface area (Å²) < 4.78 is 0. The Hall–Kier alpha value is -2.15. The quantitative estimate of drug-likeness (QED) is 0.722. The maximum Gasteiger partial charge on any atom is 0.250 e. The van der Waals surface area contributed by atoms with Crippen molar-refractivity contribution in [3.63, 3.8) is 0 Å². The lowest BCUT2D eigenvalue weighted by atomic mass is 10.0. The summed E-state index contributed by atoms with van der Waals surface area (Å²) in [4.78, 5) is 17.7. The van der Waals surface area contributed by atoms with E-state index in [1.165, 1.54) is 17.8 Å². The number of rotatable bonds is 6. The number of halogens is 1. The number of nitrogens with zero attached hydrogens (tertiary/aromatic N) is 2. The molecule has 0 saturated carbocycles. The highest BCUT2D eigenvalue weighted by molar-refractivity contribution is 6.33. The molecule has 0 atom stereocenters. The SMILES string of the molecule is NC(=O)c1cnc(NCc2ccccc2CN2CCC(O)CC2)c(Cl)c1. The molecular formula is C19H23ClN4O2. The van der Waals surface area contributed by atoms with E-state index in [0.29, 0.717) is 17.4 Å². The van der Waals surface area contributed by atoms with Gasteiger partial charge in [0.2, 0.25) is 5.91 Å². The third kappa shape index (κ3) is 4.72. The standard InChI is InChI=1S/C19H23ClN4O2/c20-17-9-15(18(21)26)11-23-19(17)22-10-13-3-1-2-4-14(13)12-24-7-5-16(25)6-8-24/h1-4,9,11,16,25H,5-8,10,12H2,(H2,21,26)(H,22,23). The molecule has 0 radical (unpaired) electrons. The van der Waals surface area contributed by atoms with Crippen molar-refractivity contribution in [1.82, 2.24) is 9.88 Å². The Morgan fingerprint density at radius 2 is 2.00 bits per heavy atom. The van der Waals surface area contributed by atoms with E-state index in [1.807, 2.05) is 12.1 Å². The van der Waals surface area contributed by atoms with Crippen molar-refractivity contribution in [3.05, 3.63) is 58.2 Å². The van der Waals surface area contributed by atoms with E-state index in [2.05, 4.69) is 27.3 Å². The Morgan fingerprint density at radius 3 is 2.65 bits per heavy atom. The number of primary amides is 1. The molecule has 1 aromatic carbocycles. The van der Waals surface area contributed by atoms with E-state index >= 15 is 0 Å². The second-order valence-corrected chi connectivity index (χ2v) is 6.96. The lowest BCUT2D eigenvalue weighted by Crippen LogP contribution is -2.35. The summed E-state index contributed by atoms with van der Waals surface area (Å²) in [6.45, 7) is 3.25. The van der Waals surface area contributed by atoms with Crippen molar-refractivity contribution in [1.29, 1.82) is 0 Å². The minimum absolute atomic E-state index is 0.167. The van der Waals surface area contributed by atoms with Gasteiger partial charge in [-0.2, -0.15) is 0 Å². The smallest absolute Gasteiger partial charge is 0.250 e. The number of likely N-dealkylation sites (tertiary alicyclic amines) is 1. The number of carbonyl (C=O) groups is 1. The van der Waals surface area contributed by atoms with Gasteiger partial charge in [0.05, 0.1) is 16.7 Å². The molecule has 1 saturated heterocycles. The largest absolute Gasteiger partial charge is 0.393 e. The summed E-state index contributed by atoms with van der Waals surface area (Å²) in [6.07, 6.45) is 2.90. The summed E-state index contributed by atoms with van der Waals surface area (Å²) in [5.41, 5.74) is 7.92. The lowest BCUT2D eigenvalue weighted by molar-refractivity contribution is 0.0791. The van der Waals surface area contributed by atoms with E-state index in [0.717, 1.165) is 38.0 Å². The Balaban J connectivity index is 1.66. The maximum atomic E-state index is 11.2. The average molecular weight is 375 g/mol. The molecule has 2 aromatic rings. The van der Waals surface area contributed by atoms with Gasteiger partial charge in [-0.15, -0.1) is 0 Å². The fraction of sp³-hybridized carbons (Fsp3) is 0.368. The maximum absolute atomic E-state index is 11.2. The molecule has 1 fully saturated rings. The zero-order valence-electron chi connectivity index (χ0n) is 14.5. The van der Waals surface area contributed by atoms with Crippen LogP contribution < -0.4 is 11.1 Å². The Bertz CT molecular complexity index is 776. The monoisotopic (exact) mass is 374 g/mol. The fourth-order valence-electron chi connectivity index (χ4n) is 3.08. The van der Waals surface area contributed by atoms with Gasteiger partial charge in [0, 0.05) is 32.4 Å². The van der Waals surface area contributed by atoms with E-state index in [9.17, 15) is 9.90 Å². The van der Waals surface area contributed by atoms with Crippen molar-refractivity contribution >= 4 is 23.3 Å². The second-order valence-electron chi connectivity index (χ2n) is 6.55. The van der Waals surface area contributed by atoms with Gasteiger partial charge in [0.25, 0.3) is 0 Å². The normalized spacial score (nSPS) is 15.8. The van der Waals surface area contributed by atoms with Gasteiger partial charge < -0.3 is 16.2 Å². The van der Waals surface area contributed by atoms with Crippen molar-refractivity contribution < 1.29 is 9.90 Å². The molecule has 6 nitrogen and oxygen atoms in total. The fourth-order valence-corrected chi connectivity index (χ4v) is 3.32. The van der Waals surface area contributed by atoms with Crippen LogP contribution in [0.5, 0.6) is 0 Å².